The van der Waals surface area contributed by atoms with Crippen molar-refractivity contribution in [3.63, 3.8) is 0 Å². The first-order chi connectivity index (χ1) is 32.2. The molecule has 9 rings (SSSR count). The van der Waals surface area contributed by atoms with E-state index in [0.717, 1.165) is 11.2 Å². The Labute approximate surface area is 414 Å². The Morgan fingerprint density at radius 1 is 0.130 bits per heavy atom. The van der Waals surface area contributed by atoms with E-state index in [1.807, 2.05) is 0 Å². The molecule has 1 nitrogen and oxygen atoms in total. The summed E-state index contributed by atoms with van der Waals surface area (Å²) in [6.07, 6.45) is 0. The quantitative estimate of drug-likeness (QED) is 0.161. The minimum absolute atomic E-state index is 1.03. The molecule has 69 heavy (non-hydrogen) atoms. The summed E-state index contributed by atoms with van der Waals surface area (Å²) < 4.78 is 7.22. The molecule has 0 aliphatic carbocycles. The van der Waals surface area contributed by atoms with E-state index in [-0.39, 0.29) is 0 Å². The maximum atomic E-state index is 7.22. The van der Waals surface area contributed by atoms with Crippen molar-refractivity contribution in [1.82, 2.24) is 0 Å². The third kappa shape index (κ3) is 6.01. The van der Waals surface area contributed by atoms with Crippen LogP contribution in [-0.2, 0) is 0 Å². The van der Waals surface area contributed by atoms with Crippen molar-refractivity contribution in [3.8, 4) is 33.4 Å². The Morgan fingerprint density at radius 3 is 0.710 bits per heavy atom. The Kier molecular flexibility index (Phi) is 11.2. The van der Waals surface area contributed by atoms with E-state index in [4.69, 9.17) is 4.42 Å². The van der Waals surface area contributed by atoms with E-state index in [2.05, 4.69) is 180 Å². The molecule has 0 radical (unpaired) electrons. The van der Waals surface area contributed by atoms with Crippen molar-refractivity contribution in [2.24, 2.45) is 0 Å². The first-order valence-electron chi connectivity index (χ1n) is 25.7. The summed E-state index contributed by atoms with van der Waals surface area (Å²) in [5.41, 5.74) is 45.9. The van der Waals surface area contributed by atoms with Gasteiger partial charge in [0, 0.05) is 10.8 Å². The summed E-state index contributed by atoms with van der Waals surface area (Å²) in [5, 5.41) is 10.9. The van der Waals surface area contributed by atoms with E-state index in [0.29, 0.717) is 0 Å². The lowest BCUT2D eigenvalue weighted by Gasteiger charge is -2.31. The molecule has 0 saturated heterocycles. The fourth-order valence-electron chi connectivity index (χ4n) is 13.7. The molecule has 0 saturated carbocycles. The highest BCUT2D eigenvalue weighted by molar-refractivity contribution is 6.30. The largest absolute Gasteiger partial charge is 0.455 e. The topological polar surface area (TPSA) is 13.1 Å². The molecule has 1 heteroatoms. The molecule has 1 aromatic heterocycles. The van der Waals surface area contributed by atoms with Crippen LogP contribution in [0.4, 0.5) is 0 Å². The average Bonchev–Trinajstić information content (AvgIpc) is 3.72. The summed E-state index contributed by atoms with van der Waals surface area (Å²) in [6.45, 7) is 61.4. The normalized spacial score (nSPS) is 12.2. The van der Waals surface area contributed by atoms with Crippen LogP contribution in [0, 0.1) is 180 Å². The number of aryl methyl sites for hydroxylation is 11. The van der Waals surface area contributed by atoms with Crippen molar-refractivity contribution >= 4 is 54.3 Å². The van der Waals surface area contributed by atoms with Crippen LogP contribution < -0.4 is 0 Å². The predicted molar refractivity (Wildman–Crippen MR) is 306 cm³/mol. The van der Waals surface area contributed by atoms with Gasteiger partial charge in [-0.3, -0.25) is 0 Å². The number of fused-ring (bicyclic) bond motifs is 6. The van der Waals surface area contributed by atoms with Crippen molar-refractivity contribution in [2.45, 2.75) is 180 Å². The summed E-state index contributed by atoms with van der Waals surface area (Å²) in [6, 6.07) is 0. The second-order valence-corrected chi connectivity index (χ2v) is 22.3. The third-order valence-electron chi connectivity index (χ3n) is 19.9. The molecule has 0 aliphatic rings. The molecule has 8 aromatic carbocycles. The summed E-state index contributed by atoms with van der Waals surface area (Å²) in [4.78, 5) is 0. The van der Waals surface area contributed by atoms with E-state index in [1.54, 1.807) is 0 Å². The highest BCUT2D eigenvalue weighted by atomic mass is 16.3. The Hall–Kier alpha value is -5.66. The SMILES string of the molecule is Cc1c(C)c(C)c(-c2c(C)c(C)c3c(C)c(-c4c5c(C)c(C)c(C)c(C)c5c(-c5c(C)c(C)c(C)c6oc7c(C)c(C)c(C)c(C)c7c56)c5c(C)c(C)c(C)c(C)c45)c(C)c(C)c3c2C)c(C)c1C. The molecule has 9 aromatic rings. The fourth-order valence-corrected chi connectivity index (χ4v) is 13.7. The Bertz CT molecular complexity index is 3790. The van der Waals surface area contributed by atoms with Gasteiger partial charge in [-0.25, -0.2) is 0 Å². The van der Waals surface area contributed by atoms with E-state index < -0.39 is 0 Å². The van der Waals surface area contributed by atoms with Crippen LogP contribution in [0.1, 0.15) is 145 Å². The smallest absolute Gasteiger partial charge is 0.139 e. The van der Waals surface area contributed by atoms with Crippen LogP contribution in [0.25, 0.3) is 87.6 Å². The summed E-state index contributed by atoms with van der Waals surface area (Å²) >= 11 is 0. The molecule has 0 unspecified atom stereocenters. The second-order valence-electron chi connectivity index (χ2n) is 22.3. The Balaban J connectivity index is 1.60. The number of furan rings is 1. The fraction of sp³-hybridized carbons (Fsp3) is 0.382. The van der Waals surface area contributed by atoms with Crippen molar-refractivity contribution in [3.05, 3.63) is 145 Å². The number of hydrogen-bond donors (Lipinski definition) is 0. The van der Waals surface area contributed by atoms with Gasteiger partial charge in [0.25, 0.3) is 0 Å². The first kappa shape index (κ1) is 48.4. The lowest BCUT2D eigenvalue weighted by molar-refractivity contribution is 0.661. The monoisotopic (exact) mass is 911 g/mol. The molecule has 0 fully saturated rings. The first-order valence-corrected chi connectivity index (χ1v) is 25.7. The van der Waals surface area contributed by atoms with Crippen LogP contribution >= 0.6 is 0 Å². The van der Waals surface area contributed by atoms with Gasteiger partial charge in [0.05, 0.1) is 0 Å². The number of rotatable bonds is 3. The second kappa shape index (κ2) is 15.9. The molecule has 0 bridgehead atoms. The van der Waals surface area contributed by atoms with Gasteiger partial charge in [-0.1, -0.05) is 0 Å². The van der Waals surface area contributed by atoms with Gasteiger partial charge in [-0.05, 0) is 390 Å². The number of hydrogen-bond acceptors (Lipinski definition) is 1. The van der Waals surface area contributed by atoms with Gasteiger partial charge in [0.2, 0.25) is 0 Å². The van der Waals surface area contributed by atoms with Gasteiger partial charge in [-0.15, -0.1) is 0 Å². The van der Waals surface area contributed by atoms with Crippen LogP contribution in [0.2, 0.25) is 0 Å². The minimum atomic E-state index is 1.03. The predicted octanol–water partition coefficient (Wildman–Crippen LogP) is 20.1. The zero-order valence-corrected chi connectivity index (χ0v) is 47.4. The van der Waals surface area contributed by atoms with Crippen molar-refractivity contribution < 1.29 is 4.42 Å². The van der Waals surface area contributed by atoms with Crippen LogP contribution in [0.5, 0.6) is 0 Å². The molecule has 0 spiro atoms. The highest BCUT2D eigenvalue weighted by Gasteiger charge is 2.33. The maximum absolute atomic E-state index is 7.22. The lowest BCUT2D eigenvalue weighted by atomic mass is 9.72. The van der Waals surface area contributed by atoms with E-state index in [9.17, 15) is 0 Å². The van der Waals surface area contributed by atoms with Gasteiger partial charge in [-0.2, -0.15) is 0 Å². The van der Waals surface area contributed by atoms with E-state index >= 15 is 0 Å². The average molecular weight is 911 g/mol. The Morgan fingerprint density at radius 2 is 0.333 bits per heavy atom. The molecular weight excluding hydrogens is 833 g/mol. The molecule has 0 atom stereocenters. The standard InChI is InChI=1S/C68H78O/c1-27-28(2)37(11)53(38(12)29(27)3)54-45(19)46(20)56-52(26)57(48(22)47(21)55(56)51(54)25)64-58-39(13)30(4)32(6)41(15)60(58)65(61-42(16)33(7)31(5)40(14)59(61)64)62-43(17)36(10)50(24)68-66(62)63-44(18)34(8)35(9)49(23)67(63)69-68/h1-26H3. The third-order valence-corrected chi connectivity index (χ3v) is 19.9. The van der Waals surface area contributed by atoms with Crippen LogP contribution in [0.15, 0.2) is 4.42 Å². The minimum Gasteiger partial charge on any atom is -0.455 e. The number of benzene rings is 8. The molecule has 0 amide bonds. The molecule has 1 heterocycles. The lowest BCUT2D eigenvalue weighted by Crippen LogP contribution is -2.08. The molecule has 356 valence electrons. The van der Waals surface area contributed by atoms with Gasteiger partial charge < -0.3 is 4.42 Å². The van der Waals surface area contributed by atoms with Crippen molar-refractivity contribution in [2.75, 3.05) is 0 Å². The summed E-state index contributed by atoms with van der Waals surface area (Å²) in [5.74, 6) is 0. The van der Waals surface area contributed by atoms with Crippen LogP contribution in [-0.4, -0.2) is 0 Å². The summed E-state index contributed by atoms with van der Waals surface area (Å²) in [7, 11) is 0. The van der Waals surface area contributed by atoms with Gasteiger partial charge in [0.1, 0.15) is 11.2 Å². The zero-order valence-electron chi connectivity index (χ0n) is 47.4. The van der Waals surface area contributed by atoms with Crippen LogP contribution in [0.3, 0.4) is 0 Å². The zero-order chi connectivity index (χ0) is 51.0. The molecule has 0 N–H and O–H groups in total. The van der Waals surface area contributed by atoms with Crippen molar-refractivity contribution in [1.29, 1.82) is 0 Å². The molecule has 0 aliphatic heterocycles. The molecular formula is C68H78O. The highest BCUT2D eigenvalue weighted by Crippen LogP contribution is 2.57. The van der Waals surface area contributed by atoms with Gasteiger partial charge in [0.15, 0.2) is 0 Å². The maximum Gasteiger partial charge on any atom is 0.139 e. The van der Waals surface area contributed by atoms with E-state index in [1.165, 1.54) is 221 Å². The van der Waals surface area contributed by atoms with Gasteiger partial charge >= 0.3 is 0 Å².